The van der Waals surface area contributed by atoms with Crippen LogP contribution >= 0.6 is 22.7 Å². The van der Waals surface area contributed by atoms with Gasteiger partial charge in [0.1, 0.15) is 22.5 Å². The molecule has 1 saturated heterocycles. The summed E-state index contributed by atoms with van der Waals surface area (Å²) >= 11 is 2.78. The number of carbonyl (C=O) groups is 1. The van der Waals surface area contributed by atoms with Gasteiger partial charge in [-0.3, -0.25) is 4.79 Å². The fraction of sp³-hybridized carbons (Fsp3) is 0.375. The van der Waals surface area contributed by atoms with Gasteiger partial charge >= 0.3 is 5.97 Å². The van der Waals surface area contributed by atoms with Crippen molar-refractivity contribution in [2.24, 2.45) is 5.92 Å². The molecule has 1 aliphatic rings. The number of nitrogens with zero attached hydrogens (tertiary/aromatic N) is 7. The molecule has 1 fully saturated rings. The van der Waals surface area contributed by atoms with Crippen LogP contribution in [0.5, 0.6) is 0 Å². The van der Waals surface area contributed by atoms with Crippen molar-refractivity contribution in [3.8, 4) is 17.3 Å². The Labute approximate surface area is 215 Å². The predicted octanol–water partition coefficient (Wildman–Crippen LogP) is 4.64. The Hall–Kier alpha value is -3.56. The van der Waals surface area contributed by atoms with Crippen LogP contribution in [0.4, 0.5) is 20.5 Å². The van der Waals surface area contributed by atoms with E-state index in [1.165, 1.54) is 41.9 Å². The number of hydrogen-bond donors (Lipinski definition) is 0. The Kier molecular flexibility index (Phi) is 6.59. The first-order chi connectivity index (χ1) is 17.4. The summed E-state index contributed by atoms with van der Waals surface area (Å²) in [5, 5.41) is 16.1. The maximum atomic E-state index is 13.4. The van der Waals surface area contributed by atoms with Gasteiger partial charge in [0.25, 0.3) is 0 Å². The molecule has 1 aromatic carbocycles. The second-order valence-electron chi connectivity index (χ2n) is 8.45. The highest BCUT2D eigenvalue weighted by atomic mass is 32.1. The van der Waals surface area contributed by atoms with Crippen molar-refractivity contribution in [3.63, 3.8) is 0 Å². The number of aromatic nitrogens is 4. The normalized spacial score (nSPS) is 14.2. The van der Waals surface area contributed by atoms with Crippen molar-refractivity contribution in [1.29, 1.82) is 5.26 Å². The molecule has 5 rings (SSSR count). The first-order valence-electron chi connectivity index (χ1n) is 11.5. The lowest BCUT2D eigenvalue weighted by Gasteiger charge is -2.29. The van der Waals surface area contributed by atoms with Gasteiger partial charge in [0.05, 0.1) is 18.7 Å². The standard InChI is InChI=1S/C24H24FN7O2S2/c1-4-17-20(30(2)22-28-19(18(13-26)35-22)14-5-7-16(25)8-6-14)32-23(27-17)36-24(29-32)31-11-9-15(10-12-31)21(33)34-3/h5-8,15H,4,9-12H2,1-3H3. The van der Waals surface area contributed by atoms with Crippen molar-refractivity contribution in [1.82, 2.24) is 19.6 Å². The molecule has 0 N–H and O–H groups in total. The summed E-state index contributed by atoms with van der Waals surface area (Å²) in [6.45, 7) is 3.48. The summed E-state index contributed by atoms with van der Waals surface area (Å²) in [4.78, 5) is 26.7. The third-order valence-corrected chi connectivity index (χ3v) is 8.32. The molecule has 36 heavy (non-hydrogen) atoms. The Bertz CT molecular complexity index is 1450. The van der Waals surface area contributed by atoms with Crippen LogP contribution in [0.25, 0.3) is 16.2 Å². The van der Waals surface area contributed by atoms with Gasteiger partial charge < -0.3 is 14.5 Å². The maximum Gasteiger partial charge on any atom is 0.308 e. The number of aryl methyl sites for hydroxylation is 1. The number of thiazole rings is 1. The number of fused-ring (bicyclic) bond motifs is 1. The van der Waals surface area contributed by atoms with Crippen molar-refractivity contribution in [3.05, 3.63) is 40.7 Å². The number of hydrogen-bond acceptors (Lipinski definition) is 10. The zero-order valence-corrected chi connectivity index (χ0v) is 21.7. The van der Waals surface area contributed by atoms with Gasteiger partial charge in [0, 0.05) is 25.7 Å². The van der Waals surface area contributed by atoms with E-state index in [0.29, 0.717) is 27.7 Å². The minimum absolute atomic E-state index is 0.0711. The first-order valence-corrected chi connectivity index (χ1v) is 13.2. The zero-order valence-electron chi connectivity index (χ0n) is 20.1. The van der Waals surface area contributed by atoms with E-state index in [-0.39, 0.29) is 17.7 Å². The molecule has 3 aromatic heterocycles. The maximum absolute atomic E-state index is 13.4. The molecule has 0 atom stereocenters. The number of imidazole rings is 1. The van der Waals surface area contributed by atoms with Crippen LogP contribution in [0.2, 0.25) is 0 Å². The van der Waals surface area contributed by atoms with Crippen molar-refractivity contribution in [2.45, 2.75) is 26.2 Å². The minimum Gasteiger partial charge on any atom is -0.469 e. The molecule has 4 heterocycles. The molecule has 0 unspecified atom stereocenters. The van der Waals surface area contributed by atoms with E-state index in [0.717, 1.165) is 47.5 Å². The van der Waals surface area contributed by atoms with Gasteiger partial charge in [-0.2, -0.15) is 9.78 Å². The number of methoxy groups -OCH3 is 1. The Morgan fingerprint density at radius 1 is 1.25 bits per heavy atom. The van der Waals surface area contributed by atoms with E-state index >= 15 is 0 Å². The second kappa shape index (κ2) is 9.83. The van der Waals surface area contributed by atoms with Crippen LogP contribution in [0, 0.1) is 23.1 Å². The summed E-state index contributed by atoms with van der Waals surface area (Å²) in [6.07, 6.45) is 2.16. The number of halogens is 1. The Morgan fingerprint density at radius 2 is 1.97 bits per heavy atom. The fourth-order valence-electron chi connectivity index (χ4n) is 4.37. The average Bonchev–Trinajstić information content (AvgIpc) is 3.61. The van der Waals surface area contributed by atoms with Crippen LogP contribution < -0.4 is 9.80 Å². The van der Waals surface area contributed by atoms with E-state index in [1.807, 2.05) is 23.4 Å². The lowest BCUT2D eigenvalue weighted by atomic mass is 9.97. The van der Waals surface area contributed by atoms with Gasteiger partial charge in [-0.15, -0.1) is 5.10 Å². The molecule has 9 nitrogen and oxygen atoms in total. The molecule has 186 valence electrons. The molecule has 12 heteroatoms. The number of ether oxygens (including phenoxy) is 1. The molecular formula is C24H24FN7O2S2. The van der Waals surface area contributed by atoms with Gasteiger partial charge in [0.15, 0.2) is 10.9 Å². The third-order valence-electron chi connectivity index (χ3n) is 6.31. The minimum atomic E-state index is -0.340. The van der Waals surface area contributed by atoms with Gasteiger partial charge in [0.2, 0.25) is 10.1 Å². The zero-order chi connectivity index (χ0) is 25.4. The molecule has 0 saturated carbocycles. The summed E-state index contributed by atoms with van der Waals surface area (Å²) in [5.41, 5.74) is 2.09. The van der Waals surface area contributed by atoms with E-state index in [2.05, 4.69) is 11.0 Å². The van der Waals surface area contributed by atoms with Crippen LogP contribution in [-0.2, 0) is 16.0 Å². The molecule has 0 amide bonds. The third kappa shape index (κ3) is 4.29. The van der Waals surface area contributed by atoms with Crippen LogP contribution in [0.1, 0.15) is 30.3 Å². The average molecular weight is 526 g/mol. The number of benzene rings is 1. The van der Waals surface area contributed by atoms with Crippen molar-refractivity contribution < 1.29 is 13.9 Å². The Balaban J connectivity index is 1.46. The summed E-state index contributed by atoms with van der Waals surface area (Å²) in [7, 11) is 3.32. The number of piperidine rings is 1. The molecular weight excluding hydrogens is 501 g/mol. The van der Waals surface area contributed by atoms with Crippen molar-refractivity contribution in [2.75, 3.05) is 37.0 Å². The fourth-order valence-corrected chi connectivity index (χ4v) is 6.18. The van der Waals surface area contributed by atoms with Crippen LogP contribution in [0.15, 0.2) is 24.3 Å². The quantitative estimate of drug-likeness (QED) is 0.336. The van der Waals surface area contributed by atoms with E-state index in [9.17, 15) is 14.4 Å². The van der Waals surface area contributed by atoms with Gasteiger partial charge in [-0.25, -0.2) is 14.4 Å². The summed E-state index contributed by atoms with van der Waals surface area (Å²) in [6, 6.07) is 8.19. The van der Waals surface area contributed by atoms with E-state index in [4.69, 9.17) is 19.8 Å². The summed E-state index contributed by atoms with van der Waals surface area (Å²) in [5.74, 6) is 0.231. The highest BCUT2D eigenvalue weighted by Gasteiger charge is 2.29. The smallest absolute Gasteiger partial charge is 0.308 e. The summed E-state index contributed by atoms with van der Waals surface area (Å²) < 4.78 is 20.1. The molecule has 0 radical (unpaired) electrons. The predicted molar refractivity (Wildman–Crippen MR) is 137 cm³/mol. The number of anilines is 3. The molecule has 0 spiro atoms. The molecule has 0 aliphatic carbocycles. The van der Waals surface area contributed by atoms with Crippen LogP contribution in [0.3, 0.4) is 0 Å². The van der Waals surface area contributed by atoms with Gasteiger partial charge in [-0.1, -0.05) is 29.6 Å². The lowest BCUT2D eigenvalue weighted by Crippen LogP contribution is -2.36. The molecule has 0 bridgehead atoms. The first kappa shape index (κ1) is 24.1. The second-order valence-corrected chi connectivity index (χ2v) is 10.4. The van der Waals surface area contributed by atoms with Crippen molar-refractivity contribution >= 4 is 49.7 Å². The highest BCUT2D eigenvalue weighted by molar-refractivity contribution is 7.20. The number of nitriles is 1. The Morgan fingerprint density at radius 3 is 2.61 bits per heavy atom. The largest absolute Gasteiger partial charge is 0.469 e. The van der Waals surface area contributed by atoms with E-state index in [1.54, 1.807) is 12.1 Å². The highest BCUT2D eigenvalue weighted by Crippen LogP contribution is 2.38. The van der Waals surface area contributed by atoms with E-state index < -0.39 is 0 Å². The topological polar surface area (TPSA) is 99.7 Å². The van der Waals surface area contributed by atoms with Gasteiger partial charge in [-0.05, 0) is 43.5 Å². The molecule has 1 aliphatic heterocycles. The SMILES string of the molecule is CCc1nc2sc(N3CCC(C(=O)OC)CC3)nn2c1N(C)c1nc(-c2ccc(F)cc2)c(C#N)s1. The number of rotatable bonds is 6. The monoisotopic (exact) mass is 525 g/mol. The lowest BCUT2D eigenvalue weighted by molar-refractivity contribution is -0.146. The van der Waals surface area contributed by atoms with Crippen LogP contribution in [-0.4, -0.2) is 52.8 Å². The molecule has 4 aromatic rings. The number of carbonyl (C=O) groups excluding carboxylic acids is 1. The number of esters is 1.